The number of halogens is 1. The van der Waals surface area contributed by atoms with Crippen LogP contribution in [0.3, 0.4) is 0 Å². The van der Waals surface area contributed by atoms with E-state index in [-0.39, 0.29) is 14.8 Å². The van der Waals surface area contributed by atoms with Gasteiger partial charge < -0.3 is 0 Å². The van der Waals surface area contributed by atoms with Gasteiger partial charge in [0.05, 0.1) is 14.9 Å². The van der Waals surface area contributed by atoms with Crippen LogP contribution < -0.4 is 9.44 Å². The number of hydrogen-bond acceptors (Lipinski definition) is 6. The van der Waals surface area contributed by atoms with Crippen molar-refractivity contribution in [2.24, 2.45) is 4.99 Å². The number of rotatable bonds is 5. The molecule has 1 aromatic carbocycles. The molecule has 0 fully saturated rings. The summed E-state index contributed by atoms with van der Waals surface area (Å²) in [7, 11) is -7.65. The molecule has 0 bridgehead atoms. The monoisotopic (exact) mass is 419 g/mol. The zero-order chi connectivity index (χ0) is 18.1. The van der Waals surface area contributed by atoms with Crippen molar-refractivity contribution in [2.45, 2.75) is 21.9 Å². The Bertz CT molecular complexity index is 1030. The number of amidine groups is 1. The van der Waals surface area contributed by atoms with Crippen LogP contribution in [0.15, 0.2) is 50.5 Å². The fraction of sp³-hybridized carbons (Fsp3) is 0.214. The molecular weight excluding hydrogens is 406 g/mol. The predicted octanol–water partition coefficient (Wildman–Crippen LogP) is 2.67. The highest BCUT2D eigenvalue weighted by Crippen LogP contribution is 2.27. The number of anilines is 1. The molecule has 0 radical (unpaired) electrons. The maximum atomic E-state index is 12.4. The smallest absolute Gasteiger partial charge is 0.271 e. The van der Waals surface area contributed by atoms with Crippen molar-refractivity contribution in [3.63, 3.8) is 0 Å². The van der Waals surface area contributed by atoms with Crippen molar-refractivity contribution < 1.29 is 16.8 Å². The average molecular weight is 420 g/mol. The summed E-state index contributed by atoms with van der Waals surface area (Å²) >= 11 is 6.68. The molecule has 134 valence electrons. The minimum atomic E-state index is -3.83. The maximum Gasteiger partial charge on any atom is 0.271 e. The molecule has 0 saturated heterocycles. The average Bonchev–Trinajstić information content (AvgIpc) is 3.18. The Hall–Kier alpha value is -1.62. The molecule has 1 aliphatic heterocycles. The molecule has 0 saturated carbocycles. The highest BCUT2D eigenvalue weighted by Gasteiger charge is 2.21. The molecule has 2 heterocycles. The van der Waals surface area contributed by atoms with E-state index in [0.29, 0.717) is 23.1 Å². The molecule has 25 heavy (non-hydrogen) atoms. The molecule has 2 N–H and O–H groups in total. The van der Waals surface area contributed by atoms with Crippen molar-refractivity contribution >= 4 is 54.5 Å². The third-order valence-corrected chi connectivity index (χ3v) is 7.82. The topological polar surface area (TPSA) is 105 Å². The summed E-state index contributed by atoms with van der Waals surface area (Å²) in [6.45, 7) is 0.598. The zero-order valence-corrected chi connectivity index (χ0v) is 16.0. The van der Waals surface area contributed by atoms with Gasteiger partial charge in [0.15, 0.2) is 0 Å². The minimum absolute atomic E-state index is 0.0456. The fourth-order valence-corrected chi connectivity index (χ4v) is 5.88. The first kappa shape index (κ1) is 18.2. The van der Waals surface area contributed by atoms with Gasteiger partial charge in [0.2, 0.25) is 0 Å². The molecule has 7 nitrogen and oxygen atoms in total. The first-order valence-corrected chi connectivity index (χ1v) is 11.4. The van der Waals surface area contributed by atoms with Gasteiger partial charge in [-0.2, -0.15) is 0 Å². The van der Waals surface area contributed by atoms with E-state index in [1.54, 1.807) is 0 Å². The lowest BCUT2D eigenvalue weighted by atomic mass is 10.3. The Morgan fingerprint density at radius 1 is 1.04 bits per heavy atom. The van der Waals surface area contributed by atoms with Gasteiger partial charge in [-0.25, -0.2) is 16.8 Å². The summed E-state index contributed by atoms with van der Waals surface area (Å²) < 4.78 is 54.6. The van der Waals surface area contributed by atoms with E-state index in [9.17, 15) is 16.8 Å². The fourth-order valence-electron chi connectivity index (χ4n) is 2.21. The number of sulfonamides is 2. The van der Waals surface area contributed by atoms with E-state index >= 15 is 0 Å². The third-order valence-electron chi connectivity index (χ3n) is 3.34. The van der Waals surface area contributed by atoms with Crippen LogP contribution in [0.2, 0.25) is 4.34 Å². The molecule has 0 amide bonds. The maximum absolute atomic E-state index is 12.4. The van der Waals surface area contributed by atoms with Gasteiger partial charge in [0, 0.05) is 13.0 Å². The second-order valence-electron chi connectivity index (χ2n) is 5.23. The number of nitrogens with one attached hydrogen (secondary N) is 2. The molecule has 3 rings (SSSR count). The quantitative estimate of drug-likeness (QED) is 0.777. The molecule has 11 heteroatoms. The predicted molar refractivity (Wildman–Crippen MR) is 98.4 cm³/mol. The summed E-state index contributed by atoms with van der Waals surface area (Å²) in [5, 5.41) is 0. The van der Waals surface area contributed by atoms with Gasteiger partial charge in [-0.15, -0.1) is 11.3 Å². The van der Waals surface area contributed by atoms with E-state index in [4.69, 9.17) is 11.6 Å². The minimum Gasteiger partial charge on any atom is -0.279 e. The zero-order valence-electron chi connectivity index (χ0n) is 12.8. The van der Waals surface area contributed by atoms with Crippen LogP contribution in [0.4, 0.5) is 5.69 Å². The number of aliphatic imine (C=N–C) groups is 1. The van der Waals surface area contributed by atoms with Gasteiger partial charge >= 0.3 is 0 Å². The molecule has 0 aliphatic carbocycles. The van der Waals surface area contributed by atoms with Crippen LogP contribution in [-0.4, -0.2) is 29.2 Å². The van der Waals surface area contributed by atoms with Gasteiger partial charge in [-0.05, 0) is 36.8 Å². The number of hydrogen-bond donors (Lipinski definition) is 2. The highest BCUT2D eigenvalue weighted by atomic mass is 35.5. The first-order chi connectivity index (χ1) is 11.8. The molecule has 1 aliphatic rings. The summed E-state index contributed by atoms with van der Waals surface area (Å²) in [4.78, 5) is 4.02. The molecule has 0 spiro atoms. The molecule has 0 unspecified atom stereocenters. The van der Waals surface area contributed by atoms with Crippen LogP contribution in [0.1, 0.15) is 12.8 Å². The second kappa shape index (κ2) is 6.94. The number of benzene rings is 1. The Balaban J connectivity index is 1.84. The van der Waals surface area contributed by atoms with Crippen molar-refractivity contribution in [2.75, 3.05) is 11.3 Å². The molecule has 2 aromatic rings. The lowest BCUT2D eigenvalue weighted by Crippen LogP contribution is -2.29. The van der Waals surface area contributed by atoms with E-state index < -0.39 is 20.0 Å². The lowest BCUT2D eigenvalue weighted by molar-refractivity contribution is 0.591. The number of nitrogens with zero attached hydrogens (tertiary/aromatic N) is 1. The Morgan fingerprint density at radius 3 is 2.48 bits per heavy atom. The summed E-state index contributed by atoms with van der Waals surface area (Å²) in [5.41, 5.74) is 0.140. The standard InChI is InChI=1S/C14H14ClN3O4S3/c15-12-6-7-14(23-12)25(21,22)17-10-3-1-4-11(9-10)24(19,20)18-13-5-2-8-16-13/h1,3-4,6-7,9,17H,2,5,8H2,(H,16,18). The van der Waals surface area contributed by atoms with Crippen molar-refractivity contribution in [1.82, 2.24) is 4.72 Å². The summed E-state index contributed by atoms with van der Waals surface area (Å²) in [5.74, 6) is 0.416. The van der Waals surface area contributed by atoms with Crippen molar-refractivity contribution in [3.8, 4) is 0 Å². The summed E-state index contributed by atoms with van der Waals surface area (Å²) in [6.07, 6.45) is 1.38. The van der Waals surface area contributed by atoms with Crippen LogP contribution in [0.5, 0.6) is 0 Å². The van der Waals surface area contributed by atoms with E-state index in [2.05, 4.69) is 14.4 Å². The van der Waals surface area contributed by atoms with Crippen LogP contribution in [0.25, 0.3) is 0 Å². The molecular formula is C14H14ClN3O4S3. The van der Waals surface area contributed by atoms with Crippen molar-refractivity contribution in [1.29, 1.82) is 0 Å². The van der Waals surface area contributed by atoms with Crippen LogP contribution in [-0.2, 0) is 20.0 Å². The molecule has 1 aromatic heterocycles. The van der Waals surface area contributed by atoms with Gasteiger partial charge in [0.25, 0.3) is 20.0 Å². The van der Waals surface area contributed by atoms with Crippen LogP contribution in [0, 0.1) is 0 Å². The Labute approximate surface area is 154 Å². The third kappa shape index (κ3) is 4.32. The van der Waals surface area contributed by atoms with Gasteiger partial charge in [0.1, 0.15) is 10.0 Å². The van der Waals surface area contributed by atoms with E-state index in [0.717, 1.165) is 17.8 Å². The molecule has 0 atom stereocenters. The van der Waals surface area contributed by atoms with E-state index in [1.165, 1.54) is 36.4 Å². The van der Waals surface area contributed by atoms with Crippen molar-refractivity contribution in [3.05, 3.63) is 40.7 Å². The largest absolute Gasteiger partial charge is 0.279 e. The SMILES string of the molecule is O=S(=O)(NC1=NCCC1)c1cccc(NS(=O)(=O)c2ccc(Cl)s2)c1. The highest BCUT2D eigenvalue weighted by molar-refractivity contribution is 7.94. The van der Waals surface area contributed by atoms with Crippen LogP contribution >= 0.6 is 22.9 Å². The second-order valence-corrected chi connectivity index (χ2v) is 10.5. The Morgan fingerprint density at radius 2 is 1.84 bits per heavy atom. The van der Waals surface area contributed by atoms with Gasteiger partial charge in [-0.1, -0.05) is 17.7 Å². The lowest BCUT2D eigenvalue weighted by Gasteiger charge is -2.10. The number of thiophene rings is 1. The first-order valence-electron chi connectivity index (χ1n) is 7.21. The van der Waals surface area contributed by atoms with Gasteiger partial charge in [-0.3, -0.25) is 14.4 Å². The normalized spacial score (nSPS) is 15.0. The Kier molecular flexibility index (Phi) is 5.05. The van der Waals surface area contributed by atoms with E-state index in [1.807, 2.05) is 0 Å². The summed E-state index contributed by atoms with van der Waals surface area (Å²) in [6, 6.07) is 8.44.